The van der Waals surface area contributed by atoms with E-state index in [4.69, 9.17) is 101 Å². The van der Waals surface area contributed by atoms with Crippen LogP contribution in [0.3, 0.4) is 0 Å². The number of hydrogen-bond donors (Lipinski definition) is 0. The summed E-state index contributed by atoms with van der Waals surface area (Å²) in [4.78, 5) is 46.2. The van der Waals surface area contributed by atoms with Crippen LogP contribution in [-0.2, 0) is 88.2 Å². The predicted octanol–water partition coefficient (Wildman–Crippen LogP) is 2.09. The van der Waals surface area contributed by atoms with Crippen LogP contribution in [0, 0.1) is 29.4 Å². The molecular weight excluding hydrogens is 669 g/mol. The third kappa shape index (κ3) is 63.4. The van der Waals surface area contributed by atoms with E-state index in [0.29, 0.717) is 0 Å². The average Bonchev–Trinajstić information content (AvgIpc) is 2.93. The van der Waals surface area contributed by atoms with E-state index in [0.717, 1.165) is 14.7 Å². The van der Waals surface area contributed by atoms with Gasteiger partial charge < -0.3 is 37.9 Å². The summed E-state index contributed by atoms with van der Waals surface area (Å²) in [6.07, 6.45) is 0. The molecule has 201 valence electrons. The number of nitrogens with zero attached hydrogens (tertiary/aromatic N) is 6. The minimum absolute atomic E-state index is 0. The first-order valence-corrected chi connectivity index (χ1v) is 8.66. The second-order valence-electron chi connectivity index (χ2n) is 3.94. The van der Waals surface area contributed by atoms with E-state index in [-0.39, 0.29) is 50.3 Å². The van der Waals surface area contributed by atoms with Gasteiger partial charge >= 0.3 is 0 Å². The van der Waals surface area contributed by atoms with Crippen molar-refractivity contribution in [2.75, 3.05) is 0 Å². The maximum Gasteiger partial charge on any atom is 0.120 e. The van der Waals surface area contributed by atoms with Crippen molar-refractivity contribution in [2.45, 2.75) is 14.7 Å². The van der Waals surface area contributed by atoms with Crippen LogP contribution in [0.1, 0.15) is 0 Å². The van der Waals surface area contributed by atoms with Crippen molar-refractivity contribution in [1.82, 2.24) is 33.6 Å². The molecule has 0 unspecified atom stereocenters. The Morgan fingerprint density at radius 3 is 0.472 bits per heavy atom. The van der Waals surface area contributed by atoms with E-state index in [1.165, 1.54) is 0 Å². The first-order valence-electron chi connectivity index (χ1n) is 7.44. The van der Waals surface area contributed by atoms with E-state index >= 15 is 0 Å². The van der Waals surface area contributed by atoms with Gasteiger partial charge in [0.1, 0.15) is 33.6 Å². The Bertz CT molecular complexity index is 622. The fraction of sp³-hybridized carbons (Fsp3) is 0. The molecule has 0 atom stereocenters. The van der Waals surface area contributed by atoms with Crippen LogP contribution >= 0.6 is 0 Å². The van der Waals surface area contributed by atoms with Crippen molar-refractivity contribution in [3.63, 3.8) is 0 Å². The smallest absolute Gasteiger partial charge is 0.120 e. The quantitative estimate of drug-likeness (QED) is 0.315. The van der Waals surface area contributed by atoms with Gasteiger partial charge in [-0.2, -0.15) is 14.7 Å². The van der Waals surface area contributed by atoms with E-state index in [2.05, 4.69) is 0 Å². The molecule has 0 aliphatic heterocycles. The zero-order valence-electron chi connectivity index (χ0n) is 17.5. The topological polar surface area (TPSA) is 236 Å². The number of benzene rings is 3. The van der Waals surface area contributed by atoms with Crippen LogP contribution in [0.25, 0.3) is 0 Å². The van der Waals surface area contributed by atoms with Gasteiger partial charge in [0.2, 0.25) is 0 Å². The summed E-state index contributed by atoms with van der Waals surface area (Å²) in [5, 5.41) is 0. The van der Waals surface area contributed by atoms with Crippen molar-refractivity contribution in [3.8, 4) is 0 Å². The maximum absolute atomic E-state index is 7.25. The fourth-order valence-corrected chi connectivity index (χ4v) is 1.73. The van der Waals surface area contributed by atoms with Gasteiger partial charge in [0.25, 0.3) is 0 Å². The van der Waals surface area contributed by atoms with Crippen molar-refractivity contribution >= 4 is 37.9 Å². The van der Waals surface area contributed by atoms with Crippen LogP contribution in [0.4, 0.5) is 0 Å². The first-order chi connectivity index (χ1) is 16.2. The molecule has 0 heterocycles. The molecule has 0 aliphatic rings. The van der Waals surface area contributed by atoms with Gasteiger partial charge in [-0.25, -0.2) is 0 Å². The van der Waals surface area contributed by atoms with Crippen LogP contribution < -0.4 is 33.6 Å². The zero-order chi connectivity index (χ0) is 27.3. The molecule has 9 radical (unpaired) electrons. The van der Waals surface area contributed by atoms with E-state index < -0.39 is 0 Å². The van der Waals surface area contributed by atoms with Gasteiger partial charge in [-0.3, -0.25) is 0 Å². The second-order valence-corrected chi connectivity index (χ2v) is 5.35. The van der Waals surface area contributed by atoms with E-state index in [1.807, 2.05) is 91.0 Å². The summed E-state index contributed by atoms with van der Waals surface area (Å²) < 4.78 is 0. The third-order valence-electron chi connectivity index (χ3n) is 2.23. The van der Waals surface area contributed by atoms with Gasteiger partial charge in [-0.1, -0.05) is 91.0 Å². The normalized spacial score (nSPS) is 5.67. The average molecular weight is 684 g/mol. The fourth-order valence-electron chi connectivity index (χ4n) is 1.26. The summed E-state index contributed by atoms with van der Waals surface area (Å²) >= 11 is 14.4. The largest absolute Gasteiger partial charge is 0.780 e. The molecule has 0 aromatic heterocycles. The molecule has 3 aromatic rings. The summed E-state index contributed by atoms with van der Waals surface area (Å²) in [6.45, 7) is 0. The van der Waals surface area contributed by atoms with Crippen molar-refractivity contribution in [1.29, 1.82) is 0 Å². The molecule has 0 N–H and O–H groups in total. The van der Waals surface area contributed by atoms with Crippen LogP contribution in [0.2, 0.25) is 0 Å². The molecule has 0 saturated heterocycles. The molecular formula is C18H15Co3N6O6S3-3. The van der Waals surface area contributed by atoms with E-state index in [9.17, 15) is 0 Å². The SMILES string of the molecule is [Co].[Co].[Co].[N]=O.[N]=O.[N]=O.[N]=O.[N]=O.[N]=O.[S-]c1ccccc1.[S-]c1ccccc1.[S-]c1ccccc1. The Labute approximate surface area is 255 Å². The van der Waals surface area contributed by atoms with Gasteiger partial charge in [-0.05, 0) is 0 Å². The monoisotopic (exact) mass is 684 g/mol. The molecule has 0 fully saturated rings. The Morgan fingerprint density at radius 1 is 0.306 bits per heavy atom. The van der Waals surface area contributed by atoms with Crippen molar-refractivity contribution in [3.05, 3.63) is 120 Å². The van der Waals surface area contributed by atoms with Gasteiger partial charge in [0.05, 0.1) is 0 Å². The van der Waals surface area contributed by atoms with Gasteiger partial charge in [-0.15, -0.1) is 29.4 Å². The molecule has 0 saturated carbocycles. The van der Waals surface area contributed by atoms with Crippen LogP contribution in [-0.4, -0.2) is 0 Å². The minimum atomic E-state index is 0. The standard InChI is InChI=1S/3C6H6S.3Co.6NO/c3*7-6-4-2-1-3-5-6;;;;6*1-2/h3*1-5,7H;;;;;;;;;/p-3. The van der Waals surface area contributed by atoms with Crippen molar-refractivity contribution in [2.24, 2.45) is 0 Å². The summed E-state index contributed by atoms with van der Waals surface area (Å²) in [5.74, 6) is 0. The molecule has 3 rings (SSSR count). The van der Waals surface area contributed by atoms with Crippen LogP contribution in [0.15, 0.2) is 106 Å². The Hall–Kier alpha value is -2.56. The molecule has 3 aromatic carbocycles. The number of rotatable bonds is 0. The second kappa shape index (κ2) is 69.8. The Kier molecular flexibility index (Phi) is 114. The maximum atomic E-state index is 7.25. The molecule has 0 spiro atoms. The molecule has 0 aliphatic carbocycles. The van der Waals surface area contributed by atoms with Crippen molar-refractivity contribution < 1.29 is 50.3 Å². The first kappa shape index (κ1) is 58.9. The molecule has 18 heteroatoms. The Balaban J connectivity index is -0.0000000347. The summed E-state index contributed by atoms with van der Waals surface area (Å²) in [7, 11) is 0. The third-order valence-corrected chi connectivity index (χ3v) is 3.05. The van der Waals surface area contributed by atoms with Crippen LogP contribution in [0.5, 0.6) is 0 Å². The predicted molar refractivity (Wildman–Crippen MR) is 129 cm³/mol. The molecule has 12 nitrogen and oxygen atoms in total. The number of nitroso groups, excluding NO2 is 6. The summed E-state index contributed by atoms with van der Waals surface area (Å²) in [5.41, 5.74) is 34.5. The zero-order valence-corrected chi connectivity index (χ0v) is 23.1. The molecule has 0 bridgehead atoms. The molecule has 36 heavy (non-hydrogen) atoms. The minimum Gasteiger partial charge on any atom is -0.780 e. The van der Waals surface area contributed by atoms with Gasteiger partial charge in [0, 0.05) is 50.3 Å². The van der Waals surface area contributed by atoms with Gasteiger partial charge in [0.15, 0.2) is 0 Å². The molecule has 0 amide bonds. The number of hydrogen-bond acceptors (Lipinski definition) is 9. The summed E-state index contributed by atoms with van der Waals surface area (Å²) in [6, 6.07) is 28.8. The van der Waals surface area contributed by atoms with E-state index in [1.54, 1.807) is 0 Å². The Morgan fingerprint density at radius 2 is 0.417 bits per heavy atom.